The second kappa shape index (κ2) is 20.7. The van der Waals surface area contributed by atoms with Crippen LogP contribution in [0.5, 0.6) is 17.4 Å². The highest BCUT2D eigenvalue weighted by atomic mass is 32.2. The van der Waals surface area contributed by atoms with Crippen LogP contribution < -0.4 is 24.4 Å². The van der Waals surface area contributed by atoms with E-state index < -0.39 is 42.9 Å². The highest BCUT2D eigenvalue weighted by molar-refractivity contribution is 7.90. The van der Waals surface area contributed by atoms with Gasteiger partial charge in [0.15, 0.2) is 5.75 Å². The smallest absolute Gasteiger partial charge is 0.409 e. The number of nitro groups is 1. The SMILES string of the molecule is CCOc1nc2[nH]cc(F)c2cc1Oc1cc(N2CCC3(CC2)CC(N2CCN(C(=O)OC)C[C@H]2c2ccccc2C(C)C)C3)ccc1C(=O)NS(=O)(=O)c1cnc(NCC2CCC(C)(O)CC2)c([N+](=O)[O-])c1. The molecule has 2 amide bonds. The fourth-order valence-corrected chi connectivity index (χ4v) is 12.1. The Morgan fingerprint density at radius 3 is 2.47 bits per heavy atom. The first kappa shape index (κ1) is 51.3. The van der Waals surface area contributed by atoms with Gasteiger partial charge in [0.25, 0.3) is 21.8 Å². The number of fused-ring (bicyclic) bond motifs is 1. The molecule has 0 bridgehead atoms. The van der Waals surface area contributed by atoms with Gasteiger partial charge >= 0.3 is 11.8 Å². The molecule has 19 nitrogen and oxygen atoms in total. The maximum absolute atomic E-state index is 14.9. The molecule has 73 heavy (non-hydrogen) atoms. The second-order valence-electron chi connectivity index (χ2n) is 20.6. The number of hydrogen-bond donors (Lipinski definition) is 4. The summed E-state index contributed by atoms with van der Waals surface area (Å²) in [4.78, 5) is 55.7. The van der Waals surface area contributed by atoms with Crippen LogP contribution >= 0.6 is 0 Å². The molecular formula is C52H64FN9O10S. The highest BCUT2D eigenvalue weighted by Crippen LogP contribution is 2.53. The zero-order chi connectivity index (χ0) is 51.8. The van der Waals surface area contributed by atoms with E-state index in [1.807, 2.05) is 4.72 Å². The number of methoxy groups -OCH3 is 1. The number of aliphatic hydroxyl groups is 1. The summed E-state index contributed by atoms with van der Waals surface area (Å²) in [5.74, 6) is -1.47. The van der Waals surface area contributed by atoms with Crippen LogP contribution in [0.3, 0.4) is 0 Å². The molecule has 5 heterocycles. The number of anilines is 2. The van der Waals surface area contributed by atoms with Crippen LogP contribution in [0.1, 0.15) is 113 Å². The second-order valence-corrected chi connectivity index (χ2v) is 22.3. The number of nitrogens with zero attached hydrogens (tertiary/aromatic N) is 6. The van der Waals surface area contributed by atoms with Gasteiger partial charge < -0.3 is 39.4 Å². The lowest BCUT2D eigenvalue weighted by Crippen LogP contribution is -2.60. The fraction of sp³-hybridized carbons (Fsp3) is 0.500. The molecule has 2 aliphatic carbocycles. The number of carbonyl (C=O) groups is 2. The molecule has 0 unspecified atom stereocenters. The van der Waals surface area contributed by atoms with E-state index >= 15 is 0 Å². The molecule has 4 N–H and O–H groups in total. The minimum atomic E-state index is -4.75. The Bertz CT molecular complexity index is 2980. The molecule has 2 aliphatic heterocycles. The first-order valence-electron chi connectivity index (χ1n) is 25.1. The number of benzene rings is 2. The molecule has 9 rings (SSSR count). The molecule has 3 aromatic heterocycles. The molecule has 2 saturated heterocycles. The Hall–Kier alpha value is -6.58. The number of nitrogens with one attached hydrogen (secondary N) is 3. The van der Waals surface area contributed by atoms with Crippen LogP contribution in [0.25, 0.3) is 11.0 Å². The quantitative estimate of drug-likeness (QED) is 0.0567. The van der Waals surface area contributed by atoms with Crippen molar-refractivity contribution in [1.29, 1.82) is 0 Å². The summed E-state index contributed by atoms with van der Waals surface area (Å²) >= 11 is 0. The highest BCUT2D eigenvalue weighted by Gasteiger charge is 2.50. The molecule has 390 valence electrons. The van der Waals surface area contributed by atoms with Gasteiger partial charge in [0, 0.05) is 75.4 Å². The Labute approximate surface area is 424 Å². The lowest BCUT2D eigenvalue weighted by atomic mass is 9.59. The third kappa shape index (κ3) is 10.9. The Kier molecular flexibility index (Phi) is 14.6. The number of ether oxygens (including phenoxy) is 3. The van der Waals surface area contributed by atoms with Crippen molar-refractivity contribution < 1.29 is 46.6 Å². The van der Waals surface area contributed by atoms with Crippen LogP contribution in [-0.4, -0.2) is 120 Å². The van der Waals surface area contributed by atoms with Crippen molar-refractivity contribution in [2.45, 2.75) is 108 Å². The molecule has 5 aromatic rings. The minimum absolute atomic E-state index is 0.00442. The number of pyridine rings is 2. The summed E-state index contributed by atoms with van der Waals surface area (Å²) in [6, 6.07) is 15.9. The topological polar surface area (TPSA) is 235 Å². The molecule has 2 aromatic carbocycles. The maximum Gasteiger partial charge on any atom is 0.409 e. The Balaban J connectivity index is 0.938. The number of sulfonamides is 1. The molecule has 1 atom stereocenters. The van der Waals surface area contributed by atoms with Gasteiger partial charge in [0.2, 0.25) is 5.82 Å². The molecular weight excluding hydrogens is 962 g/mol. The number of halogens is 1. The third-order valence-corrected chi connectivity index (χ3v) is 16.7. The standard InChI is InChI=1S/C52H64FN9O10S/c1-6-71-49-45(25-40-41(53)30-56-46(40)57-49)72-44-23-34(11-12-39(44)48(63)58-73(68,69)36-24-42(62(66)67)47(55-29-36)54-28-33-13-15-51(4,65)16-14-33)59-19-17-52(18-20-59)26-35(27-52)61-22-21-60(50(64)70-5)31-43(61)38-10-8-7-9-37(38)32(2)3/h7-12,23-25,29-30,32-33,35,43,65H,6,13-22,26-28,31H2,1-5H3,(H,54,55)(H,56,57)(H,58,63)/t33?,43-,51?/m0/s1. The fourth-order valence-electron chi connectivity index (χ4n) is 11.2. The summed E-state index contributed by atoms with van der Waals surface area (Å²) in [6.07, 6.45) is 8.17. The summed E-state index contributed by atoms with van der Waals surface area (Å²) in [7, 11) is -3.33. The third-order valence-electron chi connectivity index (χ3n) is 15.4. The van der Waals surface area contributed by atoms with E-state index in [0.29, 0.717) is 76.1 Å². The normalized spacial score (nSPS) is 21.5. The van der Waals surface area contributed by atoms with Crippen LogP contribution in [0.4, 0.5) is 26.4 Å². The van der Waals surface area contributed by atoms with Crippen LogP contribution in [0.15, 0.2) is 71.9 Å². The van der Waals surface area contributed by atoms with Gasteiger partial charge in [-0.2, -0.15) is 4.98 Å². The van der Waals surface area contributed by atoms with Crippen molar-refractivity contribution in [3.05, 3.63) is 99.6 Å². The van der Waals surface area contributed by atoms with E-state index in [4.69, 9.17) is 14.2 Å². The van der Waals surface area contributed by atoms with Gasteiger partial charge in [-0.3, -0.25) is 19.8 Å². The van der Waals surface area contributed by atoms with Crippen molar-refractivity contribution in [3.8, 4) is 17.4 Å². The number of aromatic nitrogens is 3. The van der Waals surface area contributed by atoms with E-state index in [1.165, 1.54) is 30.4 Å². The summed E-state index contributed by atoms with van der Waals surface area (Å²) in [5, 5.41) is 25.6. The molecule has 4 fully saturated rings. The van der Waals surface area contributed by atoms with Gasteiger partial charge in [0.1, 0.15) is 22.1 Å². The molecule has 2 saturated carbocycles. The molecule has 0 radical (unpaired) electrons. The van der Waals surface area contributed by atoms with Crippen molar-refractivity contribution >= 4 is 50.2 Å². The van der Waals surface area contributed by atoms with Crippen molar-refractivity contribution in [2.24, 2.45) is 11.3 Å². The first-order valence-corrected chi connectivity index (χ1v) is 26.6. The maximum atomic E-state index is 14.9. The predicted molar refractivity (Wildman–Crippen MR) is 271 cm³/mol. The lowest BCUT2D eigenvalue weighted by molar-refractivity contribution is -0.384. The van der Waals surface area contributed by atoms with E-state index in [9.17, 15) is 37.6 Å². The number of aromatic amines is 1. The first-order chi connectivity index (χ1) is 34.9. The van der Waals surface area contributed by atoms with Crippen LogP contribution in [0.2, 0.25) is 0 Å². The van der Waals surface area contributed by atoms with Gasteiger partial charge in [-0.15, -0.1) is 0 Å². The van der Waals surface area contributed by atoms with E-state index in [2.05, 4.69) is 68.2 Å². The average Bonchev–Trinajstić information content (AvgIpc) is 3.72. The molecule has 21 heteroatoms. The average molecular weight is 1030 g/mol. The largest absolute Gasteiger partial charge is 0.475 e. The van der Waals surface area contributed by atoms with Crippen molar-refractivity contribution in [2.75, 3.05) is 63.2 Å². The number of H-pyrrole nitrogens is 1. The number of amides is 2. The van der Waals surface area contributed by atoms with E-state index in [0.717, 1.165) is 50.7 Å². The number of hydrogen-bond acceptors (Lipinski definition) is 15. The summed E-state index contributed by atoms with van der Waals surface area (Å²) in [5.41, 5.74) is 1.98. The Morgan fingerprint density at radius 2 is 1.77 bits per heavy atom. The number of rotatable bonds is 15. The van der Waals surface area contributed by atoms with E-state index in [1.54, 1.807) is 30.9 Å². The van der Waals surface area contributed by atoms with E-state index in [-0.39, 0.29) is 69.9 Å². The van der Waals surface area contributed by atoms with Gasteiger partial charge in [-0.25, -0.2) is 27.3 Å². The zero-order valence-corrected chi connectivity index (χ0v) is 42.7. The van der Waals surface area contributed by atoms with Gasteiger partial charge in [-0.05, 0) is 106 Å². The monoisotopic (exact) mass is 1030 g/mol. The molecule has 1 spiro atoms. The molecule has 4 aliphatic rings. The van der Waals surface area contributed by atoms with Crippen LogP contribution in [0, 0.1) is 27.3 Å². The van der Waals surface area contributed by atoms with Gasteiger partial charge in [0.05, 0.1) is 47.4 Å². The Morgan fingerprint density at radius 1 is 1.03 bits per heavy atom. The summed E-state index contributed by atoms with van der Waals surface area (Å²) in [6.45, 7) is 11.7. The lowest BCUT2D eigenvalue weighted by Gasteiger charge is -2.58. The van der Waals surface area contributed by atoms with Crippen molar-refractivity contribution in [1.82, 2.24) is 29.5 Å². The number of piperidine rings is 1. The van der Waals surface area contributed by atoms with Crippen LogP contribution in [-0.2, 0) is 14.8 Å². The zero-order valence-electron chi connectivity index (χ0n) is 41.9. The minimum Gasteiger partial charge on any atom is -0.475 e. The number of piperazine rings is 1. The number of carbonyl (C=O) groups excluding carboxylic acids is 2. The van der Waals surface area contributed by atoms with Crippen molar-refractivity contribution in [3.63, 3.8) is 0 Å². The summed E-state index contributed by atoms with van der Waals surface area (Å²) < 4.78 is 62.0. The van der Waals surface area contributed by atoms with Gasteiger partial charge in [-0.1, -0.05) is 38.1 Å². The predicted octanol–water partition coefficient (Wildman–Crippen LogP) is 8.67.